The van der Waals surface area contributed by atoms with Crippen molar-refractivity contribution in [2.24, 2.45) is 10.1 Å². The Kier molecular flexibility index (Phi) is 6.35. The van der Waals surface area contributed by atoms with Crippen molar-refractivity contribution in [1.82, 2.24) is 9.91 Å². The Bertz CT molecular complexity index is 1200. The lowest BCUT2D eigenvalue weighted by Gasteiger charge is -2.26. The number of nitrogens with one attached hydrogen (secondary N) is 1. The van der Waals surface area contributed by atoms with Crippen LogP contribution in [0.15, 0.2) is 64.2 Å². The number of amides is 1. The first-order valence-corrected chi connectivity index (χ1v) is 12.0. The van der Waals surface area contributed by atoms with Gasteiger partial charge in [0.1, 0.15) is 6.61 Å². The van der Waals surface area contributed by atoms with E-state index in [9.17, 15) is 4.79 Å². The number of carbonyl (C=O) groups excluding carboxylic acids is 1. The van der Waals surface area contributed by atoms with Gasteiger partial charge in [0.25, 0.3) is 5.91 Å². The fraction of sp³-hybridized carbons (Fsp3) is 0.280. The summed E-state index contributed by atoms with van der Waals surface area (Å²) in [7, 11) is 1.57. The summed E-state index contributed by atoms with van der Waals surface area (Å²) in [5.41, 5.74) is 1.95. The van der Waals surface area contributed by atoms with Crippen molar-refractivity contribution in [3.63, 3.8) is 0 Å². The largest absolute Gasteiger partial charge is 0.493 e. The quantitative estimate of drug-likeness (QED) is 0.647. The number of hydrogen-bond donors (Lipinski definition) is 1. The van der Waals surface area contributed by atoms with Gasteiger partial charge in [-0.1, -0.05) is 36.4 Å². The minimum atomic E-state index is -0.442. The number of fused-ring (bicyclic) bond motifs is 1. The number of likely N-dealkylation sites (tertiary alicyclic amines) is 1. The van der Waals surface area contributed by atoms with Crippen LogP contribution < -0.4 is 9.47 Å². The molecule has 0 spiro atoms. The monoisotopic (exact) mass is 475 g/mol. The number of methoxy groups -OCH3 is 1. The SMILES string of the molecule is COc1cc(/C=C2\C(=N)N3N=C(N4CCCCC4)SC3=NC2=O)ccc1OCc1ccccc1. The molecule has 34 heavy (non-hydrogen) atoms. The first kappa shape index (κ1) is 22.2. The molecule has 0 aromatic heterocycles. The van der Waals surface area contributed by atoms with E-state index in [2.05, 4.69) is 15.0 Å². The molecule has 0 atom stereocenters. The predicted molar refractivity (Wildman–Crippen MR) is 134 cm³/mol. The normalized spacial score (nSPS) is 19.1. The van der Waals surface area contributed by atoms with E-state index in [1.54, 1.807) is 25.3 Å². The molecule has 0 aliphatic carbocycles. The van der Waals surface area contributed by atoms with Crippen LogP contribution in [-0.2, 0) is 11.4 Å². The number of benzene rings is 2. The summed E-state index contributed by atoms with van der Waals surface area (Å²) in [6, 6.07) is 15.3. The summed E-state index contributed by atoms with van der Waals surface area (Å²) in [4.78, 5) is 19.2. The highest BCUT2D eigenvalue weighted by molar-refractivity contribution is 8.26. The van der Waals surface area contributed by atoms with Crippen molar-refractivity contribution in [3.8, 4) is 11.5 Å². The molecule has 8 nitrogen and oxygen atoms in total. The summed E-state index contributed by atoms with van der Waals surface area (Å²) in [6.45, 7) is 2.30. The predicted octanol–water partition coefficient (Wildman–Crippen LogP) is 4.34. The van der Waals surface area contributed by atoms with Crippen molar-refractivity contribution >= 4 is 39.9 Å². The number of hydrogen-bond acceptors (Lipinski definition) is 7. The van der Waals surface area contributed by atoms with Gasteiger partial charge in [0.05, 0.1) is 12.7 Å². The Morgan fingerprint density at radius 1 is 1.06 bits per heavy atom. The van der Waals surface area contributed by atoms with Gasteiger partial charge in [-0.05, 0) is 60.4 Å². The average Bonchev–Trinajstić information content (AvgIpc) is 3.31. The minimum absolute atomic E-state index is 0.0258. The van der Waals surface area contributed by atoms with Gasteiger partial charge in [0.15, 0.2) is 22.5 Å². The number of nitrogens with zero attached hydrogens (tertiary/aromatic N) is 4. The molecule has 1 N–H and O–H groups in total. The van der Waals surface area contributed by atoms with Crippen molar-refractivity contribution in [3.05, 3.63) is 65.2 Å². The fourth-order valence-electron chi connectivity index (χ4n) is 3.99. The van der Waals surface area contributed by atoms with Crippen LogP contribution in [0.25, 0.3) is 6.08 Å². The molecule has 3 aliphatic rings. The van der Waals surface area contributed by atoms with E-state index in [-0.39, 0.29) is 11.4 Å². The van der Waals surface area contributed by atoms with Gasteiger partial charge >= 0.3 is 0 Å². The third-order valence-electron chi connectivity index (χ3n) is 5.81. The van der Waals surface area contributed by atoms with Gasteiger partial charge in [-0.25, -0.2) is 0 Å². The molecule has 9 heteroatoms. The Morgan fingerprint density at radius 3 is 2.62 bits per heavy atom. The Hall–Kier alpha value is -3.59. The van der Waals surface area contributed by atoms with Crippen LogP contribution in [0.5, 0.6) is 11.5 Å². The Labute approximate surface area is 202 Å². The molecule has 174 valence electrons. The minimum Gasteiger partial charge on any atom is -0.493 e. The summed E-state index contributed by atoms with van der Waals surface area (Å²) in [5.74, 6) is 0.733. The first-order valence-electron chi connectivity index (χ1n) is 11.2. The molecule has 0 saturated carbocycles. The van der Waals surface area contributed by atoms with Gasteiger partial charge in [-0.15, -0.1) is 5.10 Å². The van der Waals surface area contributed by atoms with Crippen molar-refractivity contribution in [1.29, 1.82) is 5.41 Å². The number of ether oxygens (including phenoxy) is 2. The van der Waals surface area contributed by atoms with Gasteiger partial charge in [0.2, 0.25) is 5.17 Å². The molecule has 3 aliphatic heterocycles. The van der Waals surface area contributed by atoms with Gasteiger partial charge in [0, 0.05) is 13.1 Å². The topological polar surface area (TPSA) is 90.6 Å². The molecule has 0 bridgehead atoms. The number of thioether (sulfide) groups is 1. The standard InChI is InChI=1S/C25H25N5O3S/c1-32-21-15-18(10-11-20(21)33-16-17-8-4-2-5-9-17)14-19-22(26)30-24(27-23(19)31)34-25(28-30)29-12-6-3-7-13-29/h2,4-5,8-11,14-15,26H,3,6-7,12-13,16H2,1H3/b19-14+,26-22?. The second-order valence-electron chi connectivity index (χ2n) is 8.13. The van der Waals surface area contributed by atoms with E-state index in [4.69, 9.17) is 14.9 Å². The average molecular weight is 476 g/mol. The van der Waals surface area contributed by atoms with Crippen molar-refractivity contribution < 1.29 is 14.3 Å². The molecule has 1 fully saturated rings. The highest BCUT2D eigenvalue weighted by Crippen LogP contribution is 2.33. The van der Waals surface area contributed by atoms with E-state index < -0.39 is 5.91 Å². The number of piperidine rings is 1. The van der Waals surface area contributed by atoms with Crippen LogP contribution in [-0.4, -0.2) is 52.2 Å². The lowest BCUT2D eigenvalue weighted by atomic mass is 10.1. The van der Waals surface area contributed by atoms with Gasteiger partial charge in [-0.2, -0.15) is 10.0 Å². The molecule has 2 aromatic carbocycles. The van der Waals surface area contributed by atoms with Crippen LogP contribution in [0.2, 0.25) is 0 Å². The second-order valence-corrected chi connectivity index (χ2v) is 9.07. The highest BCUT2D eigenvalue weighted by Gasteiger charge is 2.37. The van der Waals surface area contributed by atoms with E-state index in [0.717, 1.165) is 36.7 Å². The summed E-state index contributed by atoms with van der Waals surface area (Å²) >= 11 is 1.36. The maximum atomic E-state index is 12.8. The van der Waals surface area contributed by atoms with E-state index in [1.807, 2.05) is 36.4 Å². The zero-order valence-corrected chi connectivity index (χ0v) is 19.7. The molecule has 1 amide bonds. The van der Waals surface area contributed by atoms with E-state index in [0.29, 0.717) is 28.8 Å². The molecule has 3 heterocycles. The maximum absolute atomic E-state index is 12.8. The van der Waals surface area contributed by atoms with Crippen LogP contribution in [0.1, 0.15) is 30.4 Å². The molecule has 2 aromatic rings. The maximum Gasteiger partial charge on any atom is 0.283 e. The van der Waals surface area contributed by atoms with Gasteiger partial charge in [-0.3, -0.25) is 10.2 Å². The number of amidine groups is 3. The lowest BCUT2D eigenvalue weighted by molar-refractivity contribution is -0.114. The Balaban J connectivity index is 1.35. The zero-order chi connectivity index (χ0) is 23.5. The van der Waals surface area contributed by atoms with Crippen LogP contribution in [0.4, 0.5) is 0 Å². The highest BCUT2D eigenvalue weighted by atomic mass is 32.2. The zero-order valence-electron chi connectivity index (χ0n) is 18.9. The molecule has 0 unspecified atom stereocenters. The van der Waals surface area contributed by atoms with E-state index in [1.165, 1.54) is 23.2 Å². The summed E-state index contributed by atoms with van der Waals surface area (Å²) in [6.07, 6.45) is 5.12. The third-order valence-corrected chi connectivity index (χ3v) is 6.78. The van der Waals surface area contributed by atoms with Crippen LogP contribution in [0, 0.1) is 5.41 Å². The number of aliphatic imine (C=N–C) groups is 1. The molecule has 1 saturated heterocycles. The van der Waals surface area contributed by atoms with E-state index >= 15 is 0 Å². The van der Waals surface area contributed by atoms with Crippen LogP contribution >= 0.6 is 11.8 Å². The summed E-state index contributed by atoms with van der Waals surface area (Å²) in [5, 5.41) is 15.9. The number of carbonyl (C=O) groups is 1. The summed E-state index contributed by atoms with van der Waals surface area (Å²) < 4.78 is 11.4. The fourth-order valence-corrected chi connectivity index (χ4v) is 4.93. The molecule has 5 rings (SSSR count). The molecular formula is C25H25N5O3S. The van der Waals surface area contributed by atoms with Crippen molar-refractivity contribution in [2.45, 2.75) is 25.9 Å². The second kappa shape index (κ2) is 9.72. The van der Waals surface area contributed by atoms with Gasteiger partial charge < -0.3 is 14.4 Å². The van der Waals surface area contributed by atoms with Crippen LogP contribution in [0.3, 0.4) is 0 Å². The first-order chi connectivity index (χ1) is 16.6. The van der Waals surface area contributed by atoms with Crippen molar-refractivity contribution in [2.75, 3.05) is 20.2 Å². The third kappa shape index (κ3) is 4.56. The number of hydrazone groups is 1. The molecular weight excluding hydrogens is 450 g/mol. The Morgan fingerprint density at radius 2 is 1.85 bits per heavy atom. The molecule has 0 radical (unpaired) electrons. The lowest BCUT2D eigenvalue weighted by Crippen LogP contribution is -2.35. The smallest absolute Gasteiger partial charge is 0.283 e. The number of rotatable bonds is 5.